The quantitative estimate of drug-likeness (QED) is 0.542. The zero-order valence-electron chi connectivity index (χ0n) is 9.55. The first-order valence-electron chi connectivity index (χ1n) is 6.07. The molecule has 2 rings (SSSR count). The van der Waals surface area contributed by atoms with E-state index in [9.17, 15) is 0 Å². The predicted molar refractivity (Wildman–Crippen MR) is 69.1 cm³/mol. The predicted octanol–water partition coefficient (Wildman–Crippen LogP) is 3.67. The molecule has 1 aliphatic rings. The smallest absolute Gasteiger partial charge is 0.0567 e. The molecular formula is C14H18N2. The molecule has 0 spiro atoms. The van der Waals surface area contributed by atoms with Gasteiger partial charge in [0.2, 0.25) is 0 Å². The molecule has 84 valence electrons. The molecule has 1 aromatic carbocycles. The highest BCUT2D eigenvalue weighted by Gasteiger charge is 2.10. The highest BCUT2D eigenvalue weighted by molar-refractivity contribution is 5.79. The van der Waals surface area contributed by atoms with Crippen LogP contribution in [0.25, 0.3) is 0 Å². The second kappa shape index (κ2) is 6.21. The van der Waals surface area contributed by atoms with Crippen LogP contribution in [0.4, 0.5) is 0 Å². The maximum atomic E-state index is 4.13. The van der Waals surface area contributed by atoms with Gasteiger partial charge >= 0.3 is 0 Å². The van der Waals surface area contributed by atoms with Crippen LogP contribution in [0.1, 0.15) is 37.7 Å². The van der Waals surface area contributed by atoms with Crippen molar-refractivity contribution in [1.82, 2.24) is 0 Å². The Bertz CT molecular complexity index is 348. The van der Waals surface area contributed by atoms with Gasteiger partial charge in [0, 0.05) is 6.21 Å². The Labute approximate surface area is 97.1 Å². The topological polar surface area (TPSA) is 24.7 Å². The monoisotopic (exact) mass is 214 g/mol. The minimum atomic E-state index is 0.654. The summed E-state index contributed by atoms with van der Waals surface area (Å²) < 4.78 is 0. The molecule has 0 saturated heterocycles. The molecule has 1 saturated carbocycles. The van der Waals surface area contributed by atoms with E-state index in [2.05, 4.69) is 10.2 Å². The summed E-state index contributed by atoms with van der Waals surface area (Å²) in [7, 11) is 0. The van der Waals surface area contributed by atoms with E-state index in [-0.39, 0.29) is 0 Å². The summed E-state index contributed by atoms with van der Waals surface area (Å²) in [6.45, 7) is 0. The molecule has 0 aliphatic heterocycles. The Hall–Kier alpha value is -1.44. The van der Waals surface area contributed by atoms with Gasteiger partial charge in [0.05, 0.1) is 6.21 Å². The number of nitrogens with zero attached hydrogens (tertiary/aromatic N) is 2. The molecule has 1 aliphatic carbocycles. The van der Waals surface area contributed by atoms with Gasteiger partial charge in [0.1, 0.15) is 0 Å². The first-order valence-corrected chi connectivity index (χ1v) is 6.07. The molecule has 2 heteroatoms. The van der Waals surface area contributed by atoms with Crippen LogP contribution in [0.15, 0.2) is 40.5 Å². The van der Waals surface area contributed by atoms with E-state index in [0.29, 0.717) is 5.92 Å². The van der Waals surface area contributed by atoms with Gasteiger partial charge in [0.25, 0.3) is 0 Å². The van der Waals surface area contributed by atoms with Crippen LogP contribution in [-0.2, 0) is 0 Å². The van der Waals surface area contributed by atoms with Crippen molar-refractivity contribution in [1.29, 1.82) is 0 Å². The Balaban J connectivity index is 1.82. The van der Waals surface area contributed by atoms with Crippen LogP contribution in [0.2, 0.25) is 0 Å². The first-order chi connectivity index (χ1) is 7.95. The number of benzene rings is 1. The standard InChI is InChI=1S/C14H18N2/c1-3-7-13(8-4-1)11-15-16-12-14-9-5-2-6-10-14/h1,3-4,7-8,11-12,14H,2,5-6,9-10H2. The zero-order chi connectivity index (χ0) is 11.1. The fraction of sp³-hybridized carbons (Fsp3) is 0.429. The van der Waals surface area contributed by atoms with E-state index >= 15 is 0 Å². The molecule has 0 N–H and O–H groups in total. The lowest BCUT2D eigenvalue weighted by Crippen LogP contribution is -2.06. The molecule has 2 nitrogen and oxygen atoms in total. The van der Waals surface area contributed by atoms with Crippen molar-refractivity contribution < 1.29 is 0 Å². The highest BCUT2D eigenvalue weighted by atomic mass is 15.2. The van der Waals surface area contributed by atoms with Crippen LogP contribution in [0, 0.1) is 5.92 Å². The molecule has 1 aromatic rings. The summed E-state index contributed by atoms with van der Waals surface area (Å²) in [6, 6.07) is 10.1. The molecule has 16 heavy (non-hydrogen) atoms. The van der Waals surface area contributed by atoms with E-state index in [1.165, 1.54) is 32.1 Å². The van der Waals surface area contributed by atoms with Gasteiger partial charge in [0.15, 0.2) is 0 Å². The second-order valence-corrected chi connectivity index (χ2v) is 4.32. The lowest BCUT2D eigenvalue weighted by atomic mass is 9.90. The molecule has 0 aromatic heterocycles. The van der Waals surface area contributed by atoms with Gasteiger partial charge in [-0.05, 0) is 24.3 Å². The Morgan fingerprint density at radius 3 is 2.44 bits per heavy atom. The van der Waals surface area contributed by atoms with Crippen LogP contribution >= 0.6 is 0 Å². The number of hydrogen-bond acceptors (Lipinski definition) is 2. The van der Waals surface area contributed by atoms with Gasteiger partial charge in [-0.2, -0.15) is 10.2 Å². The average molecular weight is 214 g/mol. The van der Waals surface area contributed by atoms with E-state index < -0.39 is 0 Å². The van der Waals surface area contributed by atoms with E-state index in [1.54, 1.807) is 6.21 Å². The molecule has 0 radical (unpaired) electrons. The summed E-state index contributed by atoms with van der Waals surface area (Å²) >= 11 is 0. The first kappa shape index (κ1) is 11.1. The molecule has 0 atom stereocenters. The van der Waals surface area contributed by atoms with Crippen molar-refractivity contribution >= 4 is 12.4 Å². The maximum absolute atomic E-state index is 4.13. The molecule has 1 fully saturated rings. The third-order valence-electron chi connectivity index (χ3n) is 3.00. The van der Waals surface area contributed by atoms with E-state index in [4.69, 9.17) is 0 Å². The normalized spacial score (nSPS) is 18.5. The zero-order valence-corrected chi connectivity index (χ0v) is 9.55. The Morgan fingerprint density at radius 1 is 0.938 bits per heavy atom. The summed E-state index contributed by atoms with van der Waals surface area (Å²) in [5.41, 5.74) is 1.10. The molecule has 0 amide bonds. The molecule has 0 heterocycles. The van der Waals surface area contributed by atoms with E-state index in [0.717, 1.165) is 5.56 Å². The van der Waals surface area contributed by atoms with Gasteiger partial charge in [-0.15, -0.1) is 0 Å². The van der Waals surface area contributed by atoms with Crippen molar-refractivity contribution in [2.45, 2.75) is 32.1 Å². The van der Waals surface area contributed by atoms with Crippen molar-refractivity contribution in [3.63, 3.8) is 0 Å². The van der Waals surface area contributed by atoms with E-state index in [1.807, 2.05) is 36.5 Å². The Kier molecular flexibility index (Phi) is 4.29. The summed E-state index contributed by atoms with van der Waals surface area (Å²) in [5, 5.41) is 8.21. The summed E-state index contributed by atoms with van der Waals surface area (Å²) in [6.07, 6.45) is 10.5. The Morgan fingerprint density at radius 2 is 1.69 bits per heavy atom. The van der Waals surface area contributed by atoms with Crippen molar-refractivity contribution in [2.75, 3.05) is 0 Å². The largest absolute Gasteiger partial charge is 0.163 e. The molecular weight excluding hydrogens is 196 g/mol. The lowest BCUT2D eigenvalue weighted by Gasteiger charge is -2.16. The minimum Gasteiger partial charge on any atom is -0.163 e. The van der Waals surface area contributed by atoms with Crippen molar-refractivity contribution in [3.8, 4) is 0 Å². The van der Waals surface area contributed by atoms with Gasteiger partial charge in [-0.1, -0.05) is 49.6 Å². The fourth-order valence-electron chi connectivity index (χ4n) is 2.06. The van der Waals surface area contributed by atoms with Crippen LogP contribution < -0.4 is 0 Å². The van der Waals surface area contributed by atoms with Crippen molar-refractivity contribution in [3.05, 3.63) is 35.9 Å². The number of hydrogen-bond donors (Lipinski definition) is 0. The third-order valence-corrected chi connectivity index (χ3v) is 3.00. The van der Waals surface area contributed by atoms with Gasteiger partial charge in [-0.3, -0.25) is 0 Å². The van der Waals surface area contributed by atoms with Gasteiger partial charge < -0.3 is 0 Å². The summed E-state index contributed by atoms with van der Waals surface area (Å²) in [4.78, 5) is 0. The average Bonchev–Trinajstić information content (AvgIpc) is 2.37. The lowest BCUT2D eigenvalue weighted by molar-refractivity contribution is 0.444. The van der Waals surface area contributed by atoms with Crippen molar-refractivity contribution in [2.24, 2.45) is 16.1 Å². The fourth-order valence-corrected chi connectivity index (χ4v) is 2.06. The minimum absolute atomic E-state index is 0.654. The third kappa shape index (κ3) is 3.61. The van der Waals surface area contributed by atoms with Crippen LogP contribution in [-0.4, -0.2) is 12.4 Å². The van der Waals surface area contributed by atoms with Crippen LogP contribution in [0.5, 0.6) is 0 Å². The highest BCUT2D eigenvalue weighted by Crippen LogP contribution is 2.21. The number of rotatable bonds is 3. The molecule has 0 unspecified atom stereocenters. The summed E-state index contributed by atoms with van der Waals surface area (Å²) in [5.74, 6) is 0.654. The SMILES string of the molecule is C(=NN=CC1CCCCC1)c1ccccc1. The maximum Gasteiger partial charge on any atom is 0.0567 e. The van der Waals surface area contributed by atoms with Crippen LogP contribution in [0.3, 0.4) is 0 Å². The molecule has 0 bridgehead atoms. The second-order valence-electron chi connectivity index (χ2n) is 4.32. The van der Waals surface area contributed by atoms with Gasteiger partial charge in [-0.25, -0.2) is 0 Å².